The Morgan fingerprint density at radius 1 is 1.31 bits per heavy atom. The van der Waals surface area contributed by atoms with Gasteiger partial charge in [0.25, 0.3) is 0 Å². The maximum absolute atomic E-state index is 13.1. The largest absolute Gasteiger partial charge is 0.488 e. The maximum atomic E-state index is 13.1. The van der Waals surface area contributed by atoms with Crippen LogP contribution in [0.15, 0.2) is 6.07 Å². The quantitative estimate of drug-likeness (QED) is 0.463. The highest BCUT2D eigenvalue weighted by atomic mass is 127. The van der Waals surface area contributed by atoms with Crippen molar-refractivity contribution in [1.82, 2.24) is 0 Å². The van der Waals surface area contributed by atoms with E-state index in [-0.39, 0.29) is 10.2 Å². The van der Waals surface area contributed by atoms with Crippen molar-refractivity contribution in [3.05, 3.63) is 27.1 Å². The van der Waals surface area contributed by atoms with Crippen molar-refractivity contribution in [2.45, 2.75) is 6.92 Å². The lowest BCUT2D eigenvalue weighted by molar-refractivity contribution is 0.299. The molecule has 0 spiro atoms. The molecule has 5 heteroatoms. The molecule has 1 nitrogen and oxygen atoms in total. The summed E-state index contributed by atoms with van der Waals surface area (Å²) in [5, 5.41) is 0. The van der Waals surface area contributed by atoms with Crippen LogP contribution in [-0.4, -0.2) is 6.61 Å². The van der Waals surface area contributed by atoms with Crippen LogP contribution in [0.3, 0.4) is 0 Å². The van der Waals surface area contributed by atoms with E-state index in [1.54, 1.807) is 6.92 Å². The van der Waals surface area contributed by atoms with E-state index in [2.05, 4.69) is 4.74 Å². The van der Waals surface area contributed by atoms with Crippen molar-refractivity contribution >= 4 is 22.6 Å². The number of hydrogen-bond donors (Lipinski definition) is 0. The zero-order chi connectivity index (χ0) is 10.0. The van der Waals surface area contributed by atoms with E-state index in [1.807, 2.05) is 0 Å². The van der Waals surface area contributed by atoms with Crippen LogP contribution in [0.5, 0.6) is 5.75 Å². The van der Waals surface area contributed by atoms with Crippen LogP contribution in [0.2, 0.25) is 0 Å². The molecule has 0 saturated carbocycles. The van der Waals surface area contributed by atoms with E-state index in [9.17, 15) is 13.2 Å². The zero-order valence-electron chi connectivity index (χ0n) is 6.70. The molecule has 0 aliphatic rings. The molecule has 0 unspecified atom stereocenters. The predicted octanol–water partition coefficient (Wildman–Crippen LogP) is 3.11. The minimum absolute atomic E-state index is 0.134. The first kappa shape index (κ1) is 10.6. The van der Waals surface area contributed by atoms with Gasteiger partial charge in [-0.2, -0.15) is 0 Å². The Labute approximate surface area is 87.0 Å². The van der Waals surface area contributed by atoms with Crippen molar-refractivity contribution in [3.8, 4) is 5.75 Å². The van der Waals surface area contributed by atoms with Gasteiger partial charge in [-0.25, -0.2) is 13.2 Å². The zero-order valence-corrected chi connectivity index (χ0v) is 8.86. The van der Waals surface area contributed by atoms with Crippen molar-refractivity contribution in [1.29, 1.82) is 0 Å². The Hall–Kier alpha value is -0.460. The Bertz CT molecular complexity index is 328. The minimum Gasteiger partial charge on any atom is -0.488 e. The molecule has 1 aromatic rings. The summed E-state index contributed by atoms with van der Waals surface area (Å²) >= 11 is 1.45. The fraction of sp³-hybridized carbons (Fsp3) is 0.250. The van der Waals surface area contributed by atoms with Gasteiger partial charge in [-0.1, -0.05) is 0 Å². The normalized spacial score (nSPS) is 10.2. The van der Waals surface area contributed by atoms with Crippen LogP contribution in [0.1, 0.15) is 6.92 Å². The van der Waals surface area contributed by atoms with E-state index in [0.717, 1.165) is 0 Å². The van der Waals surface area contributed by atoms with Crippen LogP contribution in [0, 0.1) is 21.0 Å². The summed E-state index contributed by atoms with van der Waals surface area (Å²) < 4.78 is 43.1. The summed E-state index contributed by atoms with van der Waals surface area (Å²) in [5.41, 5.74) is 0. The molecular weight excluding hydrogens is 296 g/mol. The van der Waals surface area contributed by atoms with Gasteiger partial charge in [0.15, 0.2) is 17.4 Å². The molecule has 0 aliphatic heterocycles. The Morgan fingerprint density at radius 2 is 1.92 bits per heavy atom. The average Bonchev–Trinajstić information content (AvgIpc) is 2.09. The molecule has 1 rings (SSSR count). The third-order valence-corrected chi connectivity index (χ3v) is 2.35. The van der Waals surface area contributed by atoms with Gasteiger partial charge < -0.3 is 4.74 Å². The molecule has 1 aromatic carbocycles. The fourth-order valence-electron chi connectivity index (χ4n) is 0.826. The van der Waals surface area contributed by atoms with Gasteiger partial charge in [-0.05, 0) is 29.5 Å². The second-order valence-electron chi connectivity index (χ2n) is 2.23. The first-order chi connectivity index (χ1) is 6.07. The monoisotopic (exact) mass is 302 g/mol. The Balaban J connectivity index is 3.26. The van der Waals surface area contributed by atoms with Crippen molar-refractivity contribution in [2.24, 2.45) is 0 Å². The van der Waals surface area contributed by atoms with Gasteiger partial charge >= 0.3 is 0 Å². The van der Waals surface area contributed by atoms with Gasteiger partial charge in [0, 0.05) is 6.07 Å². The van der Waals surface area contributed by atoms with E-state index in [4.69, 9.17) is 0 Å². The highest BCUT2D eigenvalue weighted by molar-refractivity contribution is 14.1. The van der Waals surface area contributed by atoms with Crippen molar-refractivity contribution in [3.63, 3.8) is 0 Å². The Kier molecular flexibility index (Phi) is 3.40. The van der Waals surface area contributed by atoms with E-state index in [1.165, 1.54) is 22.6 Å². The molecule has 0 amide bonds. The van der Waals surface area contributed by atoms with E-state index < -0.39 is 23.2 Å². The first-order valence-electron chi connectivity index (χ1n) is 3.53. The number of ether oxygens (including phenoxy) is 1. The standard InChI is InChI=1S/C8H6F3IO/c1-2-13-8-5(10)3-4(9)7(12)6(8)11/h3H,2H2,1H3. The maximum Gasteiger partial charge on any atom is 0.192 e. The van der Waals surface area contributed by atoms with Crippen molar-refractivity contribution in [2.75, 3.05) is 6.61 Å². The number of benzene rings is 1. The lowest BCUT2D eigenvalue weighted by Gasteiger charge is -2.07. The number of halogens is 4. The summed E-state index contributed by atoms with van der Waals surface area (Å²) in [4.78, 5) is 0. The number of hydrogen-bond acceptors (Lipinski definition) is 1. The fourth-order valence-corrected chi connectivity index (χ4v) is 1.23. The molecular formula is C8H6F3IO. The second-order valence-corrected chi connectivity index (χ2v) is 3.31. The summed E-state index contributed by atoms with van der Waals surface area (Å²) in [7, 11) is 0. The first-order valence-corrected chi connectivity index (χ1v) is 4.61. The average molecular weight is 302 g/mol. The van der Waals surface area contributed by atoms with Crippen LogP contribution in [0.25, 0.3) is 0 Å². The lowest BCUT2D eigenvalue weighted by Crippen LogP contribution is -2.01. The highest BCUT2D eigenvalue weighted by Crippen LogP contribution is 2.27. The summed E-state index contributed by atoms with van der Waals surface area (Å²) in [6, 6.07) is 0.607. The van der Waals surface area contributed by atoms with Crippen LogP contribution < -0.4 is 4.74 Å². The smallest absolute Gasteiger partial charge is 0.192 e. The molecule has 0 aromatic heterocycles. The molecule has 0 saturated heterocycles. The van der Waals surface area contributed by atoms with Gasteiger partial charge in [0.2, 0.25) is 0 Å². The molecule has 0 bridgehead atoms. The van der Waals surface area contributed by atoms with Crippen LogP contribution >= 0.6 is 22.6 Å². The third-order valence-electron chi connectivity index (χ3n) is 1.36. The van der Waals surface area contributed by atoms with E-state index >= 15 is 0 Å². The third kappa shape index (κ3) is 2.07. The summed E-state index contributed by atoms with van der Waals surface area (Å²) in [5.74, 6) is -3.44. The molecule has 72 valence electrons. The molecule has 0 fully saturated rings. The molecule has 0 N–H and O–H groups in total. The summed E-state index contributed by atoms with van der Waals surface area (Å²) in [6.45, 7) is 1.73. The highest BCUT2D eigenvalue weighted by Gasteiger charge is 2.17. The molecule has 0 radical (unpaired) electrons. The van der Waals surface area contributed by atoms with Crippen molar-refractivity contribution < 1.29 is 17.9 Å². The van der Waals surface area contributed by atoms with Gasteiger partial charge in [-0.3, -0.25) is 0 Å². The SMILES string of the molecule is CCOc1c(F)cc(F)c(I)c1F. The van der Waals surface area contributed by atoms with Gasteiger partial charge in [0.05, 0.1) is 10.2 Å². The molecule has 0 aliphatic carbocycles. The van der Waals surface area contributed by atoms with Gasteiger partial charge in [-0.15, -0.1) is 0 Å². The second kappa shape index (κ2) is 4.17. The topological polar surface area (TPSA) is 9.23 Å². The molecule has 0 heterocycles. The molecule has 13 heavy (non-hydrogen) atoms. The molecule has 0 atom stereocenters. The Morgan fingerprint density at radius 3 is 2.46 bits per heavy atom. The van der Waals surface area contributed by atoms with Crippen LogP contribution in [0.4, 0.5) is 13.2 Å². The lowest BCUT2D eigenvalue weighted by atomic mass is 10.3. The minimum atomic E-state index is -1.02. The van der Waals surface area contributed by atoms with Gasteiger partial charge in [0.1, 0.15) is 5.82 Å². The number of rotatable bonds is 2. The van der Waals surface area contributed by atoms with E-state index in [0.29, 0.717) is 6.07 Å². The summed E-state index contributed by atoms with van der Waals surface area (Å²) in [6.07, 6.45) is 0. The predicted molar refractivity (Wildman–Crippen MR) is 50.2 cm³/mol. The van der Waals surface area contributed by atoms with Crippen LogP contribution in [-0.2, 0) is 0 Å².